The van der Waals surface area contributed by atoms with Crippen LogP contribution in [0, 0.1) is 0 Å². The first-order valence-electron chi connectivity index (χ1n) is 30.2. The zero-order valence-electron chi connectivity index (χ0n) is 47.5. The Labute approximate surface area is 441 Å². The lowest BCUT2D eigenvalue weighted by molar-refractivity contribution is -0.870. The van der Waals surface area contributed by atoms with Crippen molar-refractivity contribution in [3.63, 3.8) is 0 Å². The van der Waals surface area contributed by atoms with E-state index in [0.717, 1.165) is 51.4 Å². The molecule has 0 spiro atoms. The average molecular weight is 1020 g/mol. The smallest absolute Gasteiger partial charge is 0.387 e. The first-order valence-corrected chi connectivity index (χ1v) is 31.7. The number of phosphoric ester groups is 1. The number of hydrogen-bond donors (Lipinski definition) is 3. The standard InChI is InChI=1S/C62H117N2O6P/c1-6-8-10-12-14-16-18-20-22-24-26-27-28-29-30-31-32-33-34-35-36-37-38-40-42-44-46-48-50-52-54-56-62(66)63-60(59-70-71(67,68)69-58-57-64(3,4)5)61(65)55-53-51-49-47-45-43-41-39-25-23-21-19-17-15-13-11-9-7-2/h18,20,24-26,39,45,47,53,55,60-61,65H,6-17,19,21-23,27-38,40-44,46,48-52,54,56-59H2,1-5H3,(H-,63,66,67,68)/p+1/b20-18-,26-24-,39-25+,47-45+,55-53+. The van der Waals surface area contributed by atoms with E-state index >= 15 is 0 Å². The monoisotopic (exact) mass is 1020 g/mol. The van der Waals surface area contributed by atoms with Gasteiger partial charge in [0.05, 0.1) is 39.9 Å². The van der Waals surface area contributed by atoms with Gasteiger partial charge in [-0.2, -0.15) is 0 Å². The summed E-state index contributed by atoms with van der Waals surface area (Å²) >= 11 is 0. The molecule has 0 aliphatic heterocycles. The van der Waals surface area contributed by atoms with Crippen LogP contribution in [0.5, 0.6) is 0 Å². The summed E-state index contributed by atoms with van der Waals surface area (Å²) in [6, 6.07) is -0.871. The number of carbonyl (C=O) groups is 1. The number of aliphatic hydroxyl groups excluding tert-OH is 1. The molecule has 0 aromatic heterocycles. The lowest BCUT2D eigenvalue weighted by Gasteiger charge is -2.25. The molecule has 0 aliphatic carbocycles. The maximum Gasteiger partial charge on any atom is 0.472 e. The van der Waals surface area contributed by atoms with E-state index in [0.29, 0.717) is 17.4 Å². The number of hydrogen-bond acceptors (Lipinski definition) is 5. The van der Waals surface area contributed by atoms with E-state index in [4.69, 9.17) is 9.05 Å². The highest BCUT2D eigenvalue weighted by atomic mass is 31.2. The second-order valence-electron chi connectivity index (χ2n) is 21.7. The number of quaternary nitrogens is 1. The first kappa shape index (κ1) is 69.2. The van der Waals surface area contributed by atoms with Gasteiger partial charge in [-0.3, -0.25) is 13.8 Å². The second kappa shape index (κ2) is 53.0. The fourth-order valence-corrected chi connectivity index (χ4v) is 9.43. The summed E-state index contributed by atoms with van der Waals surface area (Å²) in [7, 11) is 1.55. The summed E-state index contributed by atoms with van der Waals surface area (Å²) in [6.07, 6.45) is 72.0. The molecule has 0 aromatic carbocycles. The molecule has 0 saturated carbocycles. The van der Waals surface area contributed by atoms with Gasteiger partial charge in [-0.05, 0) is 77.0 Å². The van der Waals surface area contributed by atoms with Gasteiger partial charge in [0.25, 0.3) is 0 Å². The van der Waals surface area contributed by atoms with E-state index in [1.165, 1.54) is 205 Å². The fraction of sp³-hybridized carbons (Fsp3) is 0.823. The van der Waals surface area contributed by atoms with E-state index in [-0.39, 0.29) is 19.1 Å². The molecular formula is C62H118N2O6P+. The summed E-state index contributed by atoms with van der Waals surface area (Å²) in [4.78, 5) is 23.3. The lowest BCUT2D eigenvalue weighted by Crippen LogP contribution is -2.45. The molecule has 0 aliphatic rings. The Morgan fingerprint density at radius 2 is 0.817 bits per heavy atom. The highest BCUT2D eigenvalue weighted by molar-refractivity contribution is 7.47. The summed E-state index contributed by atoms with van der Waals surface area (Å²) < 4.78 is 23.7. The summed E-state index contributed by atoms with van der Waals surface area (Å²) in [5, 5.41) is 13.9. The van der Waals surface area contributed by atoms with Crippen molar-refractivity contribution in [2.45, 2.75) is 289 Å². The highest BCUT2D eigenvalue weighted by Crippen LogP contribution is 2.43. The molecule has 0 aromatic rings. The second-order valence-corrected chi connectivity index (χ2v) is 23.2. The van der Waals surface area contributed by atoms with Gasteiger partial charge in [-0.25, -0.2) is 4.57 Å². The van der Waals surface area contributed by atoms with Crippen LogP contribution in [0.4, 0.5) is 0 Å². The molecule has 0 fully saturated rings. The average Bonchev–Trinajstić information content (AvgIpc) is 3.33. The number of likely N-dealkylation sites (N-methyl/N-ethyl adjacent to an activating group) is 1. The van der Waals surface area contributed by atoms with Crippen LogP contribution in [0.3, 0.4) is 0 Å². The van der Waals surface area contributed by atoms with Crippen molar-refractivity contribution >= 4 is 13.7 Å². The van der Waals surface area contributed by atoms with Gasteiger partial charge in [0.1, 0.15) is 13.2 Å². The Balaban J connectivity index is 4.13. The SMILES string of the molecule is CCCCCCC/C=C\C/C=C\CCCCCCCCCCCCCCCCCCCCCC(=O)NC(COP(=O)(O)OCC[N+](C)(C)C)C(O)/C=C/CC/C=C/CC/C=C/CCCCCCCCCC. The number of nitrogens with zero attached hydrogens (tertiary/aromatic N) is 1. The predicted molar refractivity (Wildman–Crippen MR) is 309 cm³/mol. The van der Waals surface area contributed by atoms with E-state index < -0.39 is 20.0 Å². The normalized spacial score (nSPS) is 14.3. The van der Waals surface area contributed by atoms with E-state index in [1.807, 2.05) is 27.2 Å². The molecule has 416 valence electrons. The number of unbranched alkanes of at least 4 members (excludes halogenated alkanes) is 34. The van der Waals surface area contributed by atoms with Crippen LogP contribution in [-0.2, 0) is 18.4 Å². The van der Waals surface area contributed by atoms with Crippen LogP contribution < -0.4 is 5.32 Å². The quantitative estimate of drug-likeness (QED) is 0.0243. The van der Waals surface area contributed by atoms with Crippen molar-refractivity contribution in [3.8, 4) is 0 Å². The molecule has 3 unspecified atom stereocenters. The molecule has 71 heavy (non-hydrogen) atoms. The minimum absolute atomic E-state index is 0.0532. The molecular weight excluding hydrogens is 900 g/mol. The number of nitrogens with one attached hydrogen (secondary N) is 1. The number of allylic oxidation sites excluding steroid dienone is 9. The lowest BCUT2D eigenvalue weighted by atomic mass is 10.0. The topological polar surface area (TPSA) is 105 Å². The van der Waals surface area contributed by atoms with Gasteiger partial charge < -0.3 is 19.8 Å². The third kappa shape index (κ3) is 55.8. The van der Waals surface area contributed by atoms with Crippen LogP contribution in [0.1, 0.15) is 277 Å². The van der Waals surface area contributed by atoms with Crippen molar-refractivity contribution in [1.29, 1.82) is 0 Å². The fourth-order valence-electron chi connectivity index (χ4n) is 8.69. The van der Waals surface area contributed by atoms with E-state index in [1.54, 1.807) is 6.08 Å². The largest absolute Gasteiger partial charge is 0.472 e. The van der Waals surface area contributed by atoms with Gasteiger partial charge in [0.2, 0.25) is 5.91 Å². The van der Waals surface area contributed by atoms with E-state index in [2.05, 4.69) is 67.8 Å². The van der Waals surface area contributed by atoms with Crippen molar-refractivity contribution in [2.24, 2.45) is 0 Å². The molecule has 3 N–H and O–H groups in total. The van der Waals surface area contributed by atoms with Crippen molar-refractivity contribution < 1.29 is 32.9 Å². The Kier molecular flexibility index (Phi) is 51.7. The third-order valence-corrected chi connectivity index (χ3v) is 14.4. The molecule has 8 nitrogen and oxygen atoms in total. The number of rotatable bonds is 55. The zero-order chi connectivity index (χ0) is 52.0. The maximum atomic E-state index is 13.0. The molecule has 0 radical (unpaired) electrons. The predicted octanol–water partition coefficient (Wildman–Crippen LogP) is 18.5. The van der Waals surface area contributed by atoms with Gasteiger partial charge in [0.15, 0.2) is 0 Å². The van der Waals surface area contributed by atoms with Crippen molar-refractivity contribution in [3.05, 3.63) is 60.8 Å². The van der Waals surface area contributed by atoms with Gasteiger partial charge in [-0.15, -0.1) is 0 Å². The summed E-state index contributed by atoms with van der Waals surface area (Å²) in [6.45, 7) is 4.79. The molecule has 9 heteroatoms. The number of phosphoric acid groups is 1. The number of carbonyl (C=O) groups excluding carboxylic acids is 1. The summed E-state index contributed by atoms with van der Waals surface area (Å²) in [5.74, 6) is -0.188. The Bertz CT molecular complexity index is 1340. The molecule has 0 rings (SSSR count). The van der Waals surface area contributed by atoms with Crippen molar-refractivity contribution in [2.75, 3.05) is 40.9 Å². The van der Waals surface area contributed by atoms with Crippen LogP contribution >= 0.6 is 7.82 Å². The maximum absolute atomic E-state index is 13.0. The third-order valence-electron chi connectivity index (χ3n) is 13.4. The Hall–Kier alpha value is -1.80. The zero-order valence-corrected chi connectivity index (χ0v) is 48.4. The van der Waals surface area contributed by atoms with Gasteiger partial charge in [-0.1, -0.05) is 254 Å². The van der Waals surface area contributed by atoms with Crippen molar-refractivity contribution in [1.82, 2.24) is 5.32 Å². The van der Waals surface area contributed by atoms with E-state index in [9.17, 15) is 19.4 Å². The van der Waals surface area contributed by atoms with Crippen LogP contribution in [-0.4, -0.2) is 73.4 Å². The Morgan fingerprint density at radius 3 is 1.21 bits per heavy atom. The minimum Gasteiger partial charge on any atom is -0.387 e. The highest BCUT2D eigenvalue weighted by Gasteiger charge is 2.27. The van der Waals surface area contributed by atoms with Gasteiger partial charge in [0, 0.05) is 6.42 Å². The molecule has 0 bridgehead atoms. The molecule has 1 amide bonds. The summed E-state index contributed by atoms with van der Waals surface area (Å²) in [5.41, 5.74) is 0. The van der Waals surface area contributed by atoms with Crippen LogP contribution in [0.2, 0.25) is 0 Å². The van der Waals surface area contributed by atoms with Gasteiger partial charge >= 0.3 is 7.82 Å². The van der Waals surface area contributed by atoms with Crippen LogP contribution in [0.25, 0.3) is 0 Å². The molecule has 3 atom stereocenters. The first-order chi connectivity index (χ1) is 34.5. The number of amides is 1. The minimum atomic E-state index is -4.36. The molecule has 0 heterocycles. The molecule has 0 saturated heterocycles. The Morgan fingerprint density at radius 1 is 0.479 bits per heavy atom. The number of aliphatic hydroxyl groups is 1. The van der Waals surface area contributed by atoms with Crippen LogP contribution in [0.15, 0.2) is 60.8 Å².